The van der Waals surface area contributed by atoms with E-state index in [9.17, 15) is 9.59 Å². The van der Waals surface area contributed by atoms with Gasteiger partial charge in [-0.15, -0.1) is 0 Å². The molecule has 9 heteroatoms. The molecule has 35 heavy (non-hydrogen) atoms. The normalized spacial score (nSPS) is 10.5. The number of aryl methyl sites for hydroxylation is 1. The van der Waals surface area contributed by atoms with Crippen molar-refractivity contribution < 1.29 is 9.59 Å². The molecule has 6 N–H and O–H groups in total. The van der Waals surface area contributed by atoms with Crippen LogP contribution in [0.15, 0.2) is 91.3 Å². The van der Waals surface area contributed by atoms with Gasteiger partial charge in [-0.05, 0) is 29.7 Å². The lowest BCUT2D eigenvalue weighted by molar-refractivity contribution is -0.121. The van der Waals surface area contributed by atoms with Crippen LogP contribution in [-0.2, 0) is 4.79 Å². The number of nitrogen functional groups attached to an aromatic ring is 1. The summed E-state index contributed by atoms with van der Waals surface area (Å²) in [6.45, 7) is 1.84. The number of carbonyl (C=O) groups excluding carboxylic acids is 2. The molecule has 1 aromatic heterocycles. The number of amides is 2. The molecule has 0 atom stereocenters. The molecule has 0 saturated heterocycles. The SMILES string of the molecule is Cc1ccccc1C(=O)NNc1ncnc(NNC(=O)C(c2ccccc2)c2ccccc2)c1N. The molecule has 0 aliphatic carbocycles. The van der Waals surface area contributed by atoms with Crippen molar-refractivity contribution >= 4 is 29.1 Å². The summed E-state index contributed by atoms with van der Waals surface area (Å²) in [5.74, 6) is -0.804. The number of nitrogens with two attached hydrogens (primary N) is 1. The highest BCUT2D eigenvalue weighted by Gasteiger charge is 2.23. The molecule has 3 aromatic carbocycles. The number of carbonyl (C=O) groups is 2. The minimum absolute atomic E-state index is 0.119. The number of nitrogens with zero attached hydrogens (tertiary/aromatic N) is 2. The second-order valence-corrected chi connectivity index (χ2v) is 7.75. The zero-order chi connectivity index (χ0) is 24.6. The van der Waals surface area contributed by atoms with Crippen LogP contribution in [0.3, 0.4) is 0 Å². The summed E-state index contributed by atoms with van der Waals surface area (Å²) in [4.78, 5) is 33.8. The number of benzene rings is 3. The summed E-state index contributed by atoms with van der Waals surface area (Å²) in [5.41, 5.74) is 20.1. The Bertz CT molecular complexity index is 1270. The summed E-state index contributed by atoms with van der Waals surface area (Å²) in [5, 5.41) is 0. The summed E-state index contributed by atoms with van der Waals surface area (Å²) in [6.07, 6.45) is 1.26. The van der Waals surface area contributed by atoms with E-state index in [2.05, 4.69) is 31.7 Å². The predicted molar refractivity (Wildman–Crippen MR) is 135 cm³/mol. The van der Waals surface area contributed by atoms with Crippen molar-refractivity contribution in [2.75, 3.05) is 16.6 Å². The first kappa shape index (κ1) is 23.2. The molecule has 0 fully saturated rings. The molecule has 2 amide bonds. The molecule has 0 radical (unpaired) electrons. The maximum atomic E-state index is 13.2. The van der Waals surface area contributed by atoms with Gasteiger partial charge in [-0.2, -0.15) is 0 Å². The summed E-state index contributed by atoms with van der Waals surface area (Å²) in [7, 11) is 0. The van der Waals surface area contributed by atoms with Gasteiger partial charge in [-0.3, -0.25) is 31.3 Å². The quantitative estimate of drug-likeness (QED) is 0.251. The van der Waals surface area contributed by atoms with E-state index in [4.69, 9.17) is 5.73 Å². The number of aromatic nitrogens is 2. The third-order valence-electron chi connectivity index (χ3n) is 5.40. The van der Waals surface area contributed by atoms with Crippen molar-refractivity contribution in [1.82, 2.24) is 20.8 Å². The molecule has 0 aliphatic rings. The Balaban J connectivity index is 1.45. The first-order valence-corrected chi connectivity index (χ1v) is 10.9. The Morgan fingerprint density at radius 2 is 1.26 bits per heavy atom. The van der Waals surface area contributed by atoms with E-state index in [1.54, 1.807) is 12.1 Å². The molecule has 0 spiro atoms. The molecule has 0 saturated carbocycles. The van der Waals surface area contributed by atoms with Crippen LogP contribution in [-0.4, -0.2) is 21.8 Å². The molecule has 0 bridgehead atoms. The van der Waals surface area contributed by atoms with Gasteiger partial charge in [0.25, 0.3) is 5.91 Å². The van der Waals surface area contributed by atoms with E-state index in [1.807, 2.05) is 79.7 Å². The summed E-state index contributed by atoms with van der Waals surface area (Å²) in [6, 6.07) is 26.1. The molecule has 9 nitrogen and oxygen atoms in total. The second-order valence-electron chi connectivity index (χ2n) is 7.75. The standard InChI is InChI=1S/C26H25N7O2/c1-17-10-8-9-15-20(17)25(34)32-30-23-22(27)24(29-16-28-23)31-33-26(35)21(18-11-4-2-5-12-18)19-13-6-3-7-14-19/h2-16,21H,27H2,1H3,(H,32,34)(H,33,35)(H2,28,29,30,31). The fourth-order valence-corrected chi connectivity index (χ4v) is 3.58. The third-order valence-corrected chi connectivity index (χ3v) is 5.40. The van der Waals surface area contributed by atoms with E-state index >= 15 is 0 Å². The third kappa shape index (κ3) is 5.53. The fourth-order valence-electron chi connectivity index (χ4n) is 3.58. The van der Waals surface area contributed by atoms with E-state index in [0.29, 0.717) is 5.56 Å². The van der Waals surface area contributed by atoms with Crippen molar-refractivity contribution in [2.24, 2.45) is 0 Å². The maximum absolute atomic E-state index is 13.2. The number of nitrogens with one attached hydrogen (secondary N) is 4. The molecule has 0 unspecified atom stereocenters. The Kier molecular flexibility index (Phi) is 7.17. The van der Waals surface area contributed by atoms with Crippen LogP contribution in [0.25, 0.3) is 0 Å². The second kappa shape index (κ2) is 10.8. The zero-order valence-electron chi connectivity index (χ0n) is 19.0. The van der Waals surface area contributed by atoms with E-state index < -0.39 is 5.92 Å². The van der Waals surface area contributed by atoms with E-state index in [1.165, 1.54) is 6.33 Å². The van der Waals surface area contributed by atoms with Crippen LogP contribution in [0.1, 0.15) is 33.0 Å². The molecular weight excluding hydrogens is 442 g/mol. The number of hydrazine groups is 2. The molecule has 1 heterocycles. The van der Waals surface area contributed by atoms with Gasteiger partial charge in [0, 0.05) is 5.56 Å². The lowest BCUT2D eigenvalue weighted by atomic mass is 9.91. The van der Waals surface area contributed by atoms with Crippen LogP contribution in [0.2, 0.25) is 0 Å². The van der Waals surface area contributed by atoms with Crippen molar-refractivity contribution in [3.8, 4) is 0 Å². The molecular formula is C26H25N7O2. The summed E-state index contributed by atoms with van der Waals surface area (Å²) < 4.78 is 0. The zero-order valence-corrected chi connectivity index (χ0v) is 19.0. The van der Waals surface area contributed by atoms with Crippen LogP contribution >= 0.6 is 0 Å². The fraction of sp³-hybridized carbons (Fsp3) is 0.0769. The Hall–Kier alpha value is -4.92. The highest BCUT2D eigenvalue weighted by molar-refractivity contribution is 5.96. The van der Waals surface area contributed by atoms with Crippen molar-refractivity contribution in [2.45, 2.75) is 12.8 Å². The van der Waals surface area contributed by atoms with Crippen LogP contribution in [0.5, 0.6) is 0 Å². The minimum Gasteiger partial charge on any atom is -0.393 e. The smallest absolute Gasteiger partial charge is 0.269 e. The Morgan fingerprint density at radius 3 is 1.83 bits per heavy atom. The van der Waals surface area contributed by atoms with E-state index in [0.717, 1.165) is 16.7 Å². The Morgan fingerprint density at radius 1 is 0.743 bits per heavy atom. The first-order valence-electron chi connectivity index (χ1n) is 10.9. The van der Waals surface area contributed by atoms with Crippen molar-refractivity contribution in [3.63, 3.8) is 0 Å². The van der Waals surface area contributed by atoms with Gasteiger partial charge in [0.05, 0.1) is 5.92 Å². The van der Waals surface area contributed by atoms with Crippen molar-refractivity contribution in [3.05, 3.63) is 114 Å². The largest absolute Gasteiger partial charge is 0.393 e. The van der Waals surface area contributed by atoms with Gasteiger partial charge in [0.15, 0.2) is 11.6 Å². The minimum atomic E-state index is -0.543. The number of hydrogen-bond acceptors (Lipinski definition) is 7. The highest BCUT2D eigenvalue weighted by Crippen LogP contribution is 2.25. The monoisotopic (exact) mass is 467 g/mol. The highest BCUT2D eigenvalue weighted by atomic mass is 16.2. The average molecular weight is 468 g/mol. The topological polar surface area (TPSA) is 134 Å². The first-order chi connectivity index (χ1) is 17.0. The van der Waals surface area contributed by atoms with Crippen LogP contribution < -0.4 is 27.4 Å². The van der Waals surface area contributed by atoms with Gasteiger partial charge < -0.3 is 5.73 Å². The van der Waals surface area contributed by atoms with E-state index in [-0.39, 0.29) is 29.1 Å². The summed E-state index contributed by atoms with van der Waals surface area (Å²) >= 11 is 0. The van der Waals surface area contributed by atoms with Gasteiger partial charge in [0.1, 0.15) is 12.0 Å². The van der Waals surface area contributed by atoms with Crippen molar-refractivity contribution in [1.29, 1.82) is 0 Å². The molecule has 0 aliphatic heterocycles. The number of rotatable bonds is 8. The van der Waals surface area contributed by atoms with Gasteiger partial charge in [-0.25, -0.2) is 9.97 Å². The van der Waals surface area contributed by atoms with Crippen LogP contribution in [0.4, 0.5) is 17.3 Å². The lowest BCUT2D eigenvalue weighted by Crippen LogP contribution is -2.35. The molecule has 176 valence electrons. The maximum Gasteiger partial charge on any atom is 0.269 e. The number of hydrogen-bond donors (Lipinski definition) is 5. The van der Waals surface area contributed by atoms with Crippen LogP contribution in [0, 0.1) is 6.92 Å². The Labute approximate surface area is 202 Å². The van der Waals surface area contributed by atoms with Gasteiger partial charge in [-0.1, -0.05) is 78.9 Å². The average Bonchev–Trinajstić information content (AvgIpc) is 2.89. The predicted octanol–water partition coefficient (Wildman–Crippen LogP) is 3.40. The number of anilines is 3. The molecule has 4 rings (SSSR count). The van der Waals surface area contributed by atoms with Gasteiger partial charge >= 0.3 is 0 Å². The van der Waals surface area contributed by atoms with Gasteiger partial charge in [0.2, 0.25) is 5.91 Å². The molecule has 4 aromatic rings. The lowest BCUT2D eigenvalue weighted by Gasteiger charge is -2.19.